The SMILES string of the molecule is Cc1cc(C(=O)NC2CCCCC2O)c(C)n1-c1ccccn1. The third-order valence-electron chi connectivity index (χ3n) is 4.60. The minimum Gasteiger partial charge on any atom is -0.391 e. The Morgan fingerprint density at radius 3 is 2.78 bits per heavy atom. The predicted molar refractivity (Wildman–Crippen MR) is 88.8 cm³/mol. The lowest BCUT2D eigenvalue weighted by Crippen LogP contribution is -2.45. The average molecular weight is 313 g/mol. The largest absolute Gasteiger partial charge is 0.391 e. The van der Waals surface area contributed by atoms with Gasteiger partial charge in [-0.1, -0.05) is 18.9 Å². The molecule has 2 unspecified atom stereocenters. The van der Waals surface area contributed by atoms with Gasteiger partial charge in [0.05, 0.1) is 17.7 Å². The van der Waals surface area contributed by atoms with Gasteiger partial charge in [0.2, 0.25) is 0 Å². The van der Waals surface area contributed by atoms with Gasteiger partial charge in [-0.3, -0.25) is 4.79 Å². The molecule has 1 saturated carbocycles. The van der Waals surface area contributed by atoms with E-state index in [9.17, 15) is 9.90 Å². The first-order valence-electron chi connectivity index (χ1n) is 8.17. The second-order valence-corrected chi connectivity index (χ2v) is 6.24. The Hall–Kier alpha value is -2.14. The number of aryl methyl sites for hydroxylation is 1. The van der Waals surface area contributed by atoms with Crippen molar-refractivity contribution < 1.29 is 9.90 Å². The summed E-state index contributed by atoms with van der Waals surface area (Å²) in [5.74, 6) is 0.686. The van der Waals surface area contributed by atoms with Gasteiger partial charge in [0.1, 0.15) is 5.82 Å². The molecule has 23 heavy (non-hydrogen) atoms. The van der Waals surface area contributed by atoms with Crippen LogP contribution < -0.4 is 5.32 Å². The van der Waals surface area contributed by atoms with Crippen molar-refractivity contribution in [1.29, 1.82) is 0 Å². The second-order valence-electron chi connectivity index (χ2n) is 6.24. The predicted octanol–water partition coefficient (Wildman–Crippen LogP) is 2.52. The van der Waals surface area contributed by atoms with Crippen molar-refractivity contribution >= 4 is 5.91 Å². The Kier molecular flexibility index (Phi) is 4.48. The fourth-order valence-corrected chi connectivity index (χ4v) is 3.36. The molecule has 1 fully saturated rings. The van der Waals surface area contributed by atoms with Crippen molar-refractivity contribution in [3.63, 3.8) is 0 Å². The third-order valence-corrected chi connectivity index (χ3v) is 4.60. The van der Waals surface area contributed by atoms with Gasteiger partial charge in [-0.25, -0.2) is 4.98 Å². The number of carbonyl (C=O) groups is 1. The van der Waals surface area contributed by atoms with Crippen LogP contribution in [0.1, 0.15) is 47.4 Å². The minimum atomic E-state index is -0.438. The summed E-state index contributed by atoms with van der Waals surface area (Å²) in [7, 11) is 0. The van der Waals surface area contributed by atoms with Crippen LogP contribution in [-0.4, -0.2) is 32.7 Å². The smallest absolute Gasteiger partial charge is 0.253 e. The van der Waals surface area contributed by atoms with E-state index in [1.54, 1.807) is 6.20 Å². The van der Waals surface area contributed by atoms with E-state index in [-0.39, 0.29) is 11.9 Å². The molecule has 1 aliphatic carbocycles. The van der Waals surface area contributed by atoms with Crippen molar-refractivity contribution in [2.75, 3.05) is 0 Å². The number of nitrogens with zero attached hydrogens (tertiary/aromatic N) is 2. The highest BCUT2D eigenvalue weighted by atomic mass is 16.3. The minimum absolute atomic E-state index is 0.119. The molecule has 122 valence electrons. The Balaban J connectivity index is 1.85. The summed E-state index contributed by atoms with van der Waals surface area (Å²) in [6.07, 6.45) is 4.99. The molecule has 5 nitrogen and oxygen atoms in total. The zero-order chi connectivity index (χ0) is 16.4. The van der Waals surface area contributed by atoms with Crippen LogP contribution in [0.2, 0.25) is 0 Å². The first kappa shape index (κ1) is 15.7. The maximum Gasteiger partial charge on any atom is 0.253 e. The number of aliphatic hydroxyl groups excluding tert-OH is 1. The molecule has 0 saturated heterocycles. The molecule has 0 aromatic carbocycles. The van der Waals surface area contributed by atoms with E-state index in [2.05, 4.69) is 10.3 Å². The zero-order valence-electron chi connectivity index (χ0n) is 13.6. The molecule has 1 aliphatic rings. The molecular formula is C18H23N3O2. The van der Waals surface area contributed by atoms with Crippen LogP contribution in [0.25, 0.3) is 5.82 Å². The Labute approximate surface area is 136 Å². The molecule has 2 aromatic rings. The van der Waals surface area contributed by atoms with Gasteiger partial charge in [0.25, 0.3) is 5.91 Å². The lowest BCUT2D eigenvalue weighted by Gasteiger charge is -2.28. The van der Waals surface area contributed by atoms with Crippen LogP contribution in [-0.2, 0) is 0 Å². The second kappa shape index (κ2) is 6.54. The fourth-order valence-electron chi connectivity index (χ4n) is 3.36. The average Bonchev–Trinajstić information content (AvgIpc) is 2.85. The first-order chi connectivity index (χ1) is 11.1. The number of rotatable bonds is 3. The first-order valence-corrected chi connectivity index (χ1v) is 8.17. The highest BCUT2D eigenvalue weighted by molar-refractivity contribution is 5.96. The van der Waals surface area contributed by atoms with E-state index < -0.39 is 6.10 Å². The molecule has 2 atom stereocenters. The molecule has 2 N–H and O–H groups in total. The van der Waals surface area contributed by atoms with Gasteiger partial charge in [0.15, 0.2) is 0 Å². The summed E-state index contributed by atoms with van der Waals surface area (Å²) >= 11 is 0. The number of carbonyl (C=O) groups excluding carboxylic acids is 1. The lowest BCUT2D eigenvalue weighted by atomic mass is 9.92. The summed E-state index contributed by atoms with van der Waals surface area (Å²) < 4.78 is 1.98. The van der Waals surface area contributed by atoms with Crippen molar-refractivity contribution in [2.24, 2.45) is 0 Å². The van der Waals surface area contributed by atoms with Gasteiger partial charge in [-0.05, 0) is 44.9 Å². The van der Waals surface area contributed by atoms with Crippen LogP contribution in [0.3, 0.4) is 0 Å². The summed E-state index contributed by atoms with van der Waals surface area (Å²) in [4.78, 5) is 17.0. The number of hydrogen-bond donors (Lipinski definition) is 2. The van der Waals surface area contributed by atoms with Gasteiger partial charge in [-0.15, -0.1) is 0 Å². The van der Waals surface area contributed by atoms with Crippen LogP contribution in [0.4, 0.5) is 0 Å². The molecule has 0 aliphatic heterocycles. The highest BCUT2D eigenvalue weighted by Gasteiger charge is 2.26. The molecule has 0 radical (unpaired) electrons. The molecule has 5 heteroatoms. The lowest BCUT2D eigenvalue weighted by molar-refractivity contribution is 0.0717. The van der Waals surface area contributed by atoms with E-state index in [0.717, 1.165) is 42.9 Å². The topological polar surface area (TPSA) is 67.2 Å². The molecule has 1 amide bonds. The number of nitrogens with one attached hydrogen (secondary N) is 1. The Bertz CT molecular complexity index is 694. The zero-order valence-corrected chi connectivity index (χ0v) is 13.6. The number of aliphatic hydroxyl groups is 1. The molecule has 2 aromatic heterocycles. The van der Waals surface area contributed by atoms with Crippen LogP contribution in [0.5, 0.6) is 0 Å². The van der Waals surface area contributed by atoms with E-state index in [1.807, 2.05) is 42.7 Å². The molecular weight excluding hydrogens is 290 g/mol. The number of hydrogen-bond acceptors (Lipinski definition) is 3. The quantitative estimate of drug-likeness (QED) is 0.915. The summed E-state index contributed by atoms with van der Waals surface area (Å²) in [5.41, 5.74) is 2.48. The number of aromatic nitrogens is 2. The molecule has 3 rings (SSSR count). The van der Waals surface area contributed by atoms with Crippen molar-refractivity contribution in [2.45, 2.75) is 51.7 Å². The van der Waals surface area contributed by atoms with E-state index >= 15 is 0 Å². The Morgan fingerprint density at radius 1 is 1.30 bits per heavy atom. The maximum atomic E-state index is 12.6. The molecule has 0 spiro atoms. The van der Waals surface area contributed by atoms with Crippen molar-refractivity contribution in [1.82, 2.24) is 14.9 Å². The number of amides is 1. The Morgan fingerprint density at radius 2 is 2.09 bits per heavy atom. The standard InChI is InChI=1S/C18H23N3O2/c1-12-11-14(13(2)21(12)17-9-5-6-10-19-17)18(23)20-15-7-3-4-8-16(15)22/h5-6,9-11,15-16,22H,3-4,7-8H2,1-2H3,(H,20,23). The number of pyridine rings is 1. The summed E-state index contributed by atoms with van der Waals surface area (Å²) in [5, 5.41) is 13.0. The van der Waals surface area contributed by atoms with Gasteiger partial charge in [-0.2, -0.15) is 0 Å². The third kappa shape index (κ3) is 3.15. The van der Waals surface area contributed by atoms with Crippen molar-refractivity contribution in [3.8, 4) is 5.82 Å². The normalized spacial score (nSPS) is 21.2. The van der Waals surface area contributed by atoms with E-state index in [1.165, 1.54) is 0 Å². The van der Waals surface area contributed by atoms with Gasteiger partial charge >= 0.3 is 0 Å². The van der Waals surface area contributed by atoms with Gasteiger partial charge < -0.3 is 15.0 Å². The summed E-state index contributed by atoms with van der Waals surface area (Å²) in [6, 6.07) is 7.46. The monoisotopic (exact) mass is 313 g/mol. The van der Waals surface area contributed by atoms with E-state index in [0.29, 0.717) is 5.56 Å². The highest BCUT2D eigenvalue weighted by Crippen LogP contribution is 2.22. The maximum absolute atomic E-state index is 12.6. The summed E-state index contributed by atoms with van der Waals surface area (Å²) in [6.45, 7) is 3.89. The van der Waals surface area contributed by atoms with E-state index in [4.69, 9.17) is 0 Å². The fraction of sp³-hybridized carbons (Fsp3) is 0.444. The van der Waals surface area contributed by atoms with Crippen molar-refractivity contribution in [3.05, 3.63) is 47.4 Å². The van der Waals surface area contributed by atoms with Gasteiger partial charge in [0, 0.05) is 17.6 Å². The van der Waals surface area contributed by atoms with Crippen LogP contribution in [0.15, 0.2) is 30.5 Å². The molecule has 2 heterocycles. The van der Waals surface area contributed by atoms with Crippen LogP contribution in [0, 0.1) is 13.8 Å². The van der Waals surface area contributed by atoms with Crippen LogP contribution >= 0.6 is 0 Å². The molecule has 0 bridgehead atoms.